The molecule has 0 amide bonds. The van der Waals surface area contributed by atoms with Crippen LogP contribution >= 0.6 is 0 Å². The third kappa shape index (κ3) is 3.41. The monoisotopic (exact) mass is 291 g/mol. The van der Waals surface area contributed by atoms with Gasteiger partial charge < -0.3 is 9.26 Å². The van der Waals surface area contributed by atoms with Gasteiger partial charge in [0.2, 0.25) is 11.7 Å². The Morgan fingerprint density at radius 2 is 2.24 bits per heavy atom. The summed E-state index contributed by atoms with van der Waals surface area (Å²) >= 11 is 0. The van der Waals surface area contributed by atoms with Crippen LogP contribution in [0.15, 0.2) is 22.7 Å². The van der Waals surface area contributed by atoms with Crippen molar-refractivity contribution in [3.8, 4) is 5.75 Å². The first-order chi connectivity index (χ1) is 10.0. The molecule has 0 radical (unpaired) electrons. The van der Waals surface area contributed by atoms with Crippen molar-refractivity contribution in [2.24, 2.45) is 0 Å². The van der Waals surface area contributed by atoms with Gasteiger partial charge in [0.05, 0.1) is 4.92 Å². The summed E-state index contributed by atoms with van der Waals surface area (Å²) in [7, 11) is 0. The van der Waals surface area contributed by atoms with Crippen molar-refractivity contribution in [1.29, 1.82) is 0 Å². The van der Waals surface area contributed by atoms with Crippen LogP contribution in [-0.4, -0.2) is 21.4 Å². The quantitative estimate of drug-likeness (QED) is 0.457. The topological polar surface area (TPSA) is 108 Å². The standard InChI is InChI=1S/C13H13N3O5/c1-8(2)13-14-12(15-21-13)7-20-11-5-9(6-17)3-4-10(11)16(18)19/h3-6,8H,7H2,1-2H3. The third-order valence-electron chi connectivity index (χ3n) is 2.65. The number of benzene rings is 1. The van der Waals surface area contributed by atoms with Crippen molar-refractivity contribution in [1.82, 2.24) is 10.1 Å². The van der Waals surface area contributed by atoms with Gasteiger partial charge in [-0.25, -0.2) is 0 Å². The molecule has 0 atom stereocenters. The number of aldehydes is 1. The van der Waals surface area contributed by atoms with Crippen LogP contribution in [0.4, 0.5) is 5.69 Å². The van der Waals surface area contributed by atoms with E-state index in [2.05, 4.69) is 10.1 Å². The normalized spacial score (nSPS) is 10.6. The Kier molecular flexibility index (Phi) is 4.27. The van der Waals surface area contributed by atoms with E-state index in [9.17, 15) is 14.9 Å². The first-order valence-electron chi connectivity index (χ1n) is 6.20. The van der Waals surface area contributed by atoms with E-state index in [-0.39, 0.29) is 35.3 Å². The fraction of sp³-hybridized carbons (Fsp3) is 0.308. The first kappa shape index (κ1) is 14.6. The molecular weight excluding hydrogens is 278 g/mol. The molecule has 0 unspecified atom stereocenters. The third-order valence-corrected chi connectivity index (χ3v) is 2.65. The van der Waals surface area contributed by atoms with Crippen LogP contribution in [-0.2, 0) is 6.61 Å². The highest BCUT2D eigenvalue weighted by Crippen LogP contribution is 2.28. The van der Waals surface area contributed by atoms with E-state index in [4.69, 9.17) is 9.26 Å². The van der Waals surface area contributed by atoms with Crippen LogP contribution in [0.3, 0.4) is 0 Å². The minimum atomic E-state index is -0.584. The van der Waals surface area contributed by atoms with E-state index in [1.54, 1.807) is 0 Å². The summed E-state index contributed by atoms with van der Waals surface area (Å²) in [6, 6.07) is 3.87. The second-order valence-corrected chi connectivity index (χ2v) is 4.59. The summed E-state index contributed by atoms with van der Waals surface area (Å²) in [6.45, 7) is 3.71. The second-order valence-electron chi connectivity index (χ2n) is 4.59. The van der Waals surface area contributed by atoms with Gasteiger partial charge in [0.25, 0.3) is 0 Å². The first-order valence-corrected chi connectivity index (χ1v) is 6.20. The number of ether oxygens (including phenoxy) is 1. The summed E-state index contributed by atoms with van der Waals surface area (Å²) in [4.78, 5) is 25.2. The minimum absolute atomic E-state index is 0.0134. The molecule has 21 heavy (non-hydrogen) atoms. The van der Waals surface area contributed by atoms with Gasteiger partial charge in [-0.05, 0) is 12.1 Å². The molecule has 0 bridgehead atoms. The Morgan fingerprint density at radius 3 is 2.81 bits per heavy atom. The zero-order chi connectivity index (χ0) is 15.4. The summed E-state index contributed by atoms with van der Waals surface area (Å²) < 4.78 is 10.3. The zero-order valence-electron chi connectivity index (χ0n) is 11.5. The van der Waals surface area contributed by atoms with Crippen LogP contribution in [0.1, 0.15) is 41.8 Å². The number of nitro benzene ring substituents is 1. The Bertz CT molecular complexity index is 666. The van der Waals surface area contributed by atoms with Crippen LogP contribution in [0, 0.1) is 10.1 Å². The van der Waals surface area contributed by atoms with Crippen molar-refractivity contribution >= 4 is 12.0 Å². The summed E-state index contributed by atoms with van der Waals surface area (Å²) in [5.74, 6) is 0.814. The van der Waals surface area contributed by atoms with Gasteiger partial charge in [-0.1, -0.05) is 19.0 Å². The predicted molar refractivity (Wildman–Crippen MR) is 71.2 cm³/mol. The van der Waals surface area contributed by atoms with E-state index in [1.165, 1.54) is 18.2 Å². The Hall–Kier alpha value is -2.77. The van der Waals surface area contributed by atoms with Crippen LogP contribution < -0.4 is 4.74 Å². The number of carbonyl (C=O) groups is 1. The number of hydrogen-bond donors (Lipinski definition) is 0. The smallest absolute Gasteiger partial charge is 0.310 e. The molecule has 1 heterocycles. The number of aromatic nitrogens is 2. The molecule has 110 valence electrons. The molecule has 8 nitrogen and oxygen atoms in total. The Labute approximate surface area is 119 Å². The molecule has 2 rings (SSSR count). The Morgan fingerprint density at radius 1 is 1.48 bits per heavy atom. The van der Waals surface area contributed by atoms with E-state index < -0.39 is 4.92 Å². The van der Waals surface area contributed by atoms with Crippen molar-refractivity contribution in [2.45, 2.75) is 26.4 Å². The molecule has 0 saturated carbocycles. The molecule has 8 heteroatoms. The number of carbonyl (C=O) groups excluding carboxylic acids is 1. The van der Waals surface area contributed by atoms with Gasteiger partial charge >= 0.3 is 5.69 Å². The van der Waals surface area contributed by atoms with Crippen molar-refractivity contribution in [3.05, 3.63) is 45.6 Å². The maximum Gasteiger partial charge on any atom is 0.310 e. The maximum absolute atomic E-state index is 10.9. The minimum Gasteiger partial charge on any atom is -0.478 e. The molecule has 0 fully saturated rings. The lowest BCUT2D eigenvalue weighted by Crippen LogP contribution is -2.01. The highest BCUT2D eigenvalue weighted by atomic mass is 16.6. The average Bonchev–Trinajstić information content (AvgIpc) is 2.93. The number of rotatable bonds is 6. The van der Waals surface area contributed by atoms with Crippen LogP contribution in [0.5, 0.6) is 5.75 Å². The fourth-order valence-electron chi connectivity index (χ4n) is 1.57. The van der Waals surface area contributed by atoms with Gasteiger partial charge in [0.1, 0.15) is 6.29 Å². The van der Waals surface area contributed by atoms with E-state index in [1.807, 2.05) is 13.8 Å². The largest absolute Gasteiger partial charge is 0.478 e. The lowest BCUT2D eigenvalue weighted by atomic mass is 10.2. The van der Waals surface area contributed by atoms with Crippen LogP contribution in [0.25, 0.3) is 0 Å². The van der Waals surface area contributed by atoms with E-state index >= 15 is 0 Å². The average molecular weight is 291 g/mol. The van der Waals surface area contributed by atoms with Crippen molar-refractivity contribution in [2.75, 3.05) is 0 Å². The zero-order valence-corrected chi connectivity index (χ0v) is 11.5. The van der Waals surface area contributed by atoms with Gasteiger partial charge in [-0.2, -0.15) is 4.98 Å². The highest BCUT2D eigenvalue weighted by molar-refractivity contribution is 5.76. The summed E-state index contributed by atoms with van der Waals surface area (Å²) in [5.41, 5.74) is 0.0553. The molecule has 1 aromatic heterocycles. The maximum atomic E-state index is 10.9. The van der Waals surface area contributed by atoms with Crippen molar-refractivity contribution in [3.63, 3.8) is 0 Å². The predicted octanol–water partition coefficient (Wildman–Crippen LogP) is 2.49. The molecular formula is C13H13N3O5. The Balaban J connectivity index is 2.17. The fourth-order valence-corrected chi connectivity index (χ4v) is 1.57. The molecule has 0 saturated heterocycles. The molecule has 0 aliphatic rings. The van der Waals surface area contributed by atoms with Gasteiger partial charge in [-0.3, -0.25) is 14.9 Å². The molecule has 2 aromatic rings. The molecule has 0 spiro atoms. The van der Waals surface area contributed by atoms with E-state index in [0.29, 0.717) is 12.2 Å². The number of nitro groups is 1. The van der Waals surface area contributed by atoms with Gasteiger partial charge in [0.15, 0.2) is 12.4 Å². The molecule has 0 aliphatic carbocycles. The lowest BCUT2D eigenvalue weighted by molar-refractivity contribution is -0.386. The highest BCUT2D eigenvalue weighted by Gasteiger charge is 2.17. The van der Waals surface area contributed by atoms with E-state index in [0.717, 1.165) is 0 Å². The molecule has 0 N–H and O–H groups in total. The molecule has 1 aromatic carbocycles. The lowest BCUT2D eigenvalue weighted by Gasteiger charge is -2.04. The number of nitrogens with zero attached hydrogens (tertiary/aromatic N) is 3. The van der Waals surface area contributed by atoms with Gasteiger partial charge in [0, 0.05) is 17.5 Å². The van der Waals surface area contributed by atoms with Crippen LogP contribution in [0.2, 0.25) is 0 Å². The summed E-state index contributed by atoms with van der Waals surface area (Å²) in [5, 5.41) is 14.6. The molecule has 0 aliphatic heterocycles. The second kappa shape index (κ2) is 6.12. The summed E-state index contributed by atoms with van der Waals surface area (Å²) in [6.07, 6.45) is 0.585. The SMILES string of the molecule is CC(C)c1nc(COc2cc(C=O)ccc2[N+](=O)[O-])no1. The number of hydrogen-bond acceptors (Lipinski definition) is 7. The van der Waals surface area contributed by atoms with Gasteiger partial charge in [-0.15, -0.1) is 0 Å². The van der Waals surface area contributed by atoms with Crippen molar-refractivity contribution < 1.29 is 19.0 Å².